The third-order valence-corrected chi connectivity index (χ3v) is 3.22. The number of hydrogen-bond donors (Lipinski definition) is 1. The normalized spacial score (nSPS) is 10.4. The molecule has 0 saturated heterocycles. The molecule has 120 valence electrons. The van der Waals surface area contributed by atoms with Crippen molar-refractivity contribution in [3.8, 4) is 5.69 Å². The second-order valence-corrected chi connectivity index (χ2v) is 4.76. The molecule has 0 saturated carbocycles. The van der Waals surface area contributed by atoms with Crippen LogP contribution in [-0.2, 0) is 0 Å². The molecule has 0 unspecified atom stereocenters. The van der Waals surface area contributed by atoms with Gasteiger partial charge in [0.2, 0.25) is 0 Å². The number of carbonyl (C=O) groups is 1. The molecule has 8 nitrogen and oxygen atoms in total. The molecule has 0 aliphatic heterocycles. The number of benzene rings is 2. The smallest absolute Gasteiger partial charge is 0.272 e. The zero-order valence-electron chi connectivity index (χ0n) is 12.1. The van der Waals surface area contributed by atoms with Crippen LogP contribution in [0.2, 0.25) is 0 Å². The van der Waals surface area contributed by atoms with E-state index < -0.39 is 22.3 Å². The van der Waals surface area contributed by atoms with Crippen LogP contribution in [0, 0.1) is 15.9 Å². The Balaban J connectivity index is 1.76. The van der Waals surface area contributed by atoms with Crippen molar-refractivity contribution in [3.63, 3.8) is 0 Å². The van der Waals surface area contributed by atoms with E-state index in [1.54, 1.807) is 28.9 Å². The quantitative estimate of drug-likeness (QED) is 0.586. The lowest BCUT2D eigenvalue weighted by Gasteiger charge is -2.07. The fraction of sp³-hybridized carbons (Fsp3) is 0. The number of nitrogens with zero attached hydrogens (tertiary/aromatic N) is 4. The lowest BCUT2D eigenvalue weighted by Crippen LogP contribution is -2.14. The van der Waals surface area contributed by atoms with E-state index in [9.17, 15) is 19.3 Å². The minimum absolute atomic E-state index is 0.277. The van der Waals surface area contributed by atoms with Crippen molar-refractivity contribution in [2.75, 3.05) is 5.32 Å². The van der Waals surface area contributed by atoms with Gasteiger partial charge >= 0.3 is 0 Å². The predicted octanol–water partition coefficient (Wildman–Crippen LogP) is 2.57. The van der Waals surface area contributed by atoms with Crippen LogP contribution in [0.1, 0.15) is 10.4 Å². The van der Waals surface area contributed by atoms with E-state index in [1.807, 2.05) is 0 Å². The molecule has 1 heterocycles. The number of halogens is 1. The van der Waals surface area contributed by atoms with Gasteiger partial charge in [-0.05, 0) is 30.3 Å². The van der Waals surface area contributed by atoms with E-state index in [4.69, 9.17) is 0 Å². The maximum absolute atomic E-state index is 13.8. The van der Waals surface area contributed by atoms with Crippen molar-refractivity contribution in [2.24, 2.45) is 0 Å². The number of nitrogens with one attached hydrogen (secondary N) is 1. The molecule has 0 radical (unpaired) electrons. The van der Waals surface area contributed by atoms with Crippen LogP contribution < -0.4 is 5.32 Å². The Labute approximate surface area is 134 Å². The molecule has 0 fully saturated rings. The van der Waals surface area contributed by atoms with E-state index >= 15 is 0 Å². The Bertz CT molecular complexity index is 894. The first-order valence-electron chi connectivity index (χ1n) is 6.75. The average molecular weight is 327 g/mol. The van der Waals surface area contributed by atoms with Gasteiger partial charge < -0.3 is 5.32 Å². The number of non-ortho nitro benzene ring substituents is 1. The van der Waals surface area contributed by atoms with Crippen LogP contribution in [0.4, 0.5) is 15.8 Å². The lowest BCUT2D eigenvalue weighted by atomic mass is 10.1. The number of hydrogen-bond acceptors (Lipinski definition) is 5. The van der Waals surface area contributed by atoms with Gasteiger partial charge in [-0.25, -0.2) is 14.1 Å². The number of aromatic nitrogens is 3. The standard InChI is InChI=1S/C15H10FN5O3/c16-14-7-12(21(23)24)5-6-13(14)15(22)19-10-1-3-11(4-2-10)20-9-17-8-18-20/h1-9H,(H,19,22). The van der Waals surface area contributed by atoms with Crippen molar-refractivity contribution in [1.29, 1.82) is 0 Å². The van der Waals surface area contributed by atoms with Crippen LogP contribution >= 0.6 is 0 Å². The van der Waals surface area contributed by atoms with Gasteiger partial charge in [0.15, 0.2) is 0 Å². The van der Waals surface area contributed by atoms with Gasteiger partial charge in [0, 0.05) is 11.8 Å². The molecule has 24 heavy (non-hydrogen) atoms. The number of nitro benzene ring substituents is 1. The summed E-state index contributed by atoms with van der Waals surface area (Å²) in [6, 6.07) is 9.52. The van der Waals surface area contributed by atoms with E-state index in [0.29, 0.717) is 11.8 Å². The second kappa shape index (κ2) is 6.24. The van der Waals surface area contributed by atoms with E-state index in [-0.39, 0.29) is 5.56 Å². The summed E-state index contributed by atoms with van der Waals surface area (Å²) in [5, 5.41) is 17.1. The van der Waals surface area contributed by atoms with Gasteiger partial charge in [-0.3, -0.25) is 14.9 Å². The first-order chi connectivity index (χ1) is 11.5. The maximum atomic E-state index is 13.8. The number of nitro groups is 1. The predicted molar refractivity (Wildman–Crippen MR) is 82.4 cm³/mol. The molecule has 2 aromatic carbocycles. The van der Waals surface area contributed by atoms with Gasteiger partial charge in [-0.15, -0.1) is 0 Å². The van der Waals surface area contributed by atoms with E-state index in [2.05, 4.69) is 15.4 Å². The van der Waals surface area contributed by atoms with Crippen molar-refractivity contribution in [1.82, 2.24) is 14.8 Å². The third kappa shape index (κ3) is 3.09. The Morgan fingerprint density at radius 3 is 2.54 bits per heavy atom. The van der Waals surface area contributed by atoms with Gasteiger partial charge in [-0.2, -0.15) is 5.10 Å². The fourth-order valence-electron chi connectivity index (χ4n) is 2.04. The molecule has 9 heteroatoms. The zero-order valence-corrected chi connectivity index (χ0v) is 12.1. The molecule has 1 amide bonds. The molecule has 1 aromatic heterocycles. The van der Waals surface area contributed by atoms with Crippen molar-refractivity contribution in [3.05, 3.63) is 76.6 Å². The van der Waals surface area contributed by atoms with Crippen LogP contribution in [0.3, 0.4) is 0 Å². The summed E-state index contributed by atoms with van der Waals surface area (Å²) in [4.78, 5) is 25.8. The van der Waals surface area contributed by atoms with Crippen LogP contribution in [0.15, 0.2) is 55.1 Å². The molecule has 3 rings (SSSR count). The highest BCUT2D eigenvalue weighted by Crippen LogP contribution is 2.18. The highest BCUT2D eigenvalue weighted by molar-refractivity contribution is 6.04. The Morgan fingerprint density at radius 2 is 1.96 bits per heavy atom. The van der Waals surface area contributed by atoms with Crippen LogP contribution in [0.25, 0.3) is 5.69 Å². The molecule has 0 aliphatic carbocycles. The largest absolute Gasteiger partial charge is 0.322 e. The van der Waals surface area contributed by atoms with Gasteiger partial charge in [0.1, 0.15) is 18.5 Å². The Morgan fingerprint density at radius 1 is 1.21 bits per heavy atom. The van der Waals surface area contributed by atoms with Crippen LogP contribution in [-0.4, -0.2) is 25.6 Å². The molecular weight excluding hydrogens is 317 g/mol. The number of carbonyl (C=O) groups excluding carboxylic acids is 1. The molecule has 0 aliphatic rings. The topological polar surface area (TPSA) is 103 Å². The fourth-order valence-corrected chi connectivity index (χ4v) is 2.04. The summed E-state index contributed by atoms with van der Waals surface area (Å²) in [6.45, 7) is 0. The van der Waals surface area contributed by atoms with E-state index in [0.717, 1.165) is 17.8 Å². The van der Waals surface area contributed by atoms with Crippen molar-refractivity contribution >= 4 is 17.3 Å². The highest BCUT2D eigenvalue weighted by Gasteiger charge is 2.16. The van der Waals surface area contributed by atoms with Gasteiger partial charge in [-0.1, -0.05) is 0 Å². The maximum Gasteiger partial charge on any atom is 0.272 e. The first kappa shape index (κ1) is 15.3. The summed E-state index contributed by atoms with van der Waals surface area (Å²) in [6.07, 6.45) is 2.92. The number of rotatable bonds is 4. The molecule has 1 N–H and O–H groups in total. The summed E-state index contributed by atoms with van der Waals surface area (Å²) >= 11 is 0. The average Bonchev–Trinajstić information content (AvgIpc) is 3.09. The van der Waals surface area contributed by atoms with Gasteiger partial charge in [0.25, 0.3) is 11.6 Å². The van der Waals surface area contributed by atoms with Gasteiger partial charge in [0.05, 0.1) is 22.2 Å². The third-order valence-electron chi connectivity index (χ3n) is 3.22. The van der Waals surface area contributed by atoms with Crippen LogP contribution in [0.5, 0.6) is 0 Å². The number of amides is 1. The molecule has 0 atom stereocenters. The minimum atomic E-state index is -0.957. The summed E-state index contributed by atoms with van der Waals surface area (Å²) in [5.41, 5.74) is 0.496. The van der Waals surface area contributed by atoms with Crippen molar-refractivity contribution < 1.29 is 14.1 Å². The van der Waals surface area contributed by atoms with Crippen molar-refractivity contribution in [2.45, 2.75) is 0 Å². The lowest BCUT2D eigenvalue weighted by molar-refractivity contribution is -0.385. The summed E-state index contributed by atoms with van der Waals surface area (Å²) in [7, 11) is 0. The molecular formula is C15H10FN5O3. The van der Waals surface area contributed by atoms with E-state index in [1.165, 1.54) is 12.7 Å². The second-order valence-electron chi connectivity index (χ2n) is 4.76. The number of anilines is 1. The Hall–Kier alpha value is -3.62. The zero-order chi connectivity index (χ0) is 17.1. The Kier molecular flexibility index (Phi) is 3.98. The first-order valence-corrected chi connectivity index (χ1v) is 6.75. The molecule has 3 aromatic rings. The summed E-state index contributed by atoms with van der Waals surface area (Å²) < 4.78 is 15.4. The SMILES string of the molecule is O=C(Nc1ccc(-n2cncn2)cc1)c1ccc([N+](=O)[O-])cc1F. The monoisotopic (exact) mass is 327 g/mol. The highest BCUT2D eigenvalue weighted by atomic mass is 19.1. The summed E-state index contributed by atoms with van der Waals surface area (Å²) in [5.74, 6) is -1.66. The minimum Gasteiger partial charge on any atom is -0.322 e. The molecule has 0 spiro atoms. The molecule has 0 bridgehead atoms.